The van der Waals surface area contributed by atoms with Crippen molar-refractivity contribution in [3.05, 3.63) is 70.0 Å². The lowest BCUT2D eigenvalue weighted by atomic mass is 9.86. The lowest BCUT2D eigenvalue weighted by molar-refractivity contribution is -0.118. The van der Waals surface area contributed by atoms with Crippen LogP contribution in [0, 0.1) is 17.8 Å². The number of nitrogens with zero attached hydrogens (tertiary/aromatic N) is 3. The van der Waals surface area contributed by atoms with Gasteiger partial charge in [0.25, 0.3) is 0 Å². The third kappa shape index (κ3) is 4.85. The second-order valence-corrected chi connectivity index (χ2v) is 9.52. The van der Waals surface area contributed by atoms with Crippen molar-refractivity contribution in [2.75, 3.05) is 0 Å². The van der Waals surface area contributed by atoms with Crippen LogP contribution in [0.15, 0.2) is 53.8 Å². The van der Waals surface area contributed by atoms with E-state index in [2.05, 4.69) is 29.1 Å². The number of nitrogens with one attached hydrogen (secondary N) is 1. The Labute approximate surface area is 193 Å². The third-order valence-corrected chi connectivity index (χ3v) is 7.19. The van der Waals surface area contributed by atoms with E-state index in [1.807, 2.05) is 37.4 Å². The molecule has 2 aromatic rings. The van der Waals surface area contributed by atoms with Crippen molar-refractivity contribution in [1.82, 2.24) is 20.3 Å². The molecule has 2 aliphatic carbocycles. The van der Waals surface area contributed by atoms with Crippen molar-refractivity contribution in [2.24, 2.45) is 17.8 Å². The van der Waals surface area contributed by atoms with Crippen molar-refractivity contribution in [3.63, 3.8) is 0 Å². The Morgan fingerprint density at radius 3 is 2.75 bits per heavy atom. The monoisotopic (exact) mass is 452 g/mol. The molecule has 1 N–H and O–H groups in total. The van der Waals surface area contributed by atoms with Crippen molar-refractivity contribution in [2.45, 2.75) is 52.6 Å². The van der Waals surface area contributed by atoms with Crippen molar-refractivity contribution in [1.29, 1.82) is 0 Å². The van der Waals surface area contributed by atoms with E-state index in [4.69, 9.17) is 11.6 Å². The number of fused-ring (bicyclic) bond motifs is 1. The van der Waals surface area contributed by atoms with Gasteiger partial charge in [-0.05, 0) is 67.2 Å². The largest absolute Gasteiger partial charge is 0.347 e. The molecule has 0 aliphatic heterocycles. The van der Waals surface area contributed by atoms with Gasteiger partial charge in [-0.25, -0.2) is 4.68 Å². The highest BCUT2D eigenvalue weighted by molar-refractivity contribution is 6.30. The van der Waals surface area contributed by atoms with Crippen LogP contribution in [0.2, 0.25) is 5.02 Å². The van der Waals surface area contributed by atoms with Crippen LogP contribution >= 0.6 is 11.6 Å². The Hall–Kier alpha value is -2.73. The number of hydrogen-bond acceptors (Lipinski definition) is 4. The van der Waals surface area contributed by atoms with Crippen molar-refractivity contribution in [3.8, 4) is 0 Å². The minimum absolute atomic E-state index is 0.0684. The Morgan fingerprint density at radius 1 is 1.25 bits per heavy atom. The van der Waals surface area contributed by atoms with Crippen LogP contribution in [0.1, 0.15) is 50.8 Å². The molecule has 7 heteroatoms. The van der Waals surface area contributed by atoms with Crippen LogP contribution in [-0.2, 0) is 22.7 Å². The molecule has 1 saturated carbocycles. The number of halogens is 1. The van der Waals surface area contributed by atoms with Gasteiger partial charge in [0.2, 0.25) is 5.91 Å². The maximum atomic E-state index is 12.8. The number of carbonyl (C=O) groups is 2. The Kier molecular flexibility index (Phi) is 6.60. The van der Waals surface area contributed by atoms with E-state index < -0.39 is 0 Å². The fraction of sp³-hybridized carbons (Fsp3) is 0.440. The zero-order valence-corrected chi connectivity index (χ0v) is 19.4. The molecule has 1 aromatic heterocycles. The number of ketones is 1. The smallest absolute Gasteiger partial charge is 0.247 e. The predicted octanol–water partition coefficient (Wildman–Crippen LogP) is 4.49. The molecule has 0 unspecified atom stereocenters. The van der Waals surface area contributed by atoms with Gasteiger partial charge in [0.1, 0.15) is 5.69 Å². The molecule has 32 heavy (non-hydrogen) atoms. The van der Waals surface area contributed by atoms with Crippen LogP contribution in [0.5, 0.6) is 0 Å². The summed E-state index contributed by atoms with van der Waals surface area (Å²) in [6.45, 7) is 9.14. The first-order valence-corrected chi connectivity index (χ1v) is 11.5. The molecule has 168 valence electrons. The number of hydrogen-bond donors (Lipinski definition) is 1. The molecule has 1 heterocycles. The van der Waals surface area contributed by atoms with Gasteiger partial charge in [-0.2, -0.15) is 0 Å². The molecular formula is C25H29ClN4O2. The third-order valence-electron chi connectivity index (χ3n) is 6.93. The Morgan fingerprint density at radius 2 is 2.00 bits per heavy atom. The zero-order valence-electron chi connectivity index (χ0n) is 18.6. The van der Waals surface area contributed by atoms with Crippen LogP contribution in [0.4, 0.5) is 0 Å². The summed E-state index contributed by atoms with van der Waals surface area (Å²) in [7, 11) is 0. The highest BCUT2D eigenvalue weighted by Crippen LogP contribution is 2.45. The van der Waals surface area contributed by atoms with Gasteiger partial charge in [-0.15, -0.1) is 5.10 Å². The van der Waals surface area contributed by atoms with E-state index in [0.717, 1.165) is 30.4 Å². The second-order valence-electron chi connectivity index (χ2n) is 9.08. The highest BCUT2D eigenvalue weighted by Gasteiger charge is 2.37. The van der Waals surface area contributed by atoms with Crippen LogP contribution in [0.25, 0.3) is 0 Å². The minimum Gasteiger partial charge on any atom is -0.347 e. The lowest BCUT2D eigenvalue weighted by Crippen LogP contribution is -2.27. The minimum atomic E-state index is -0.157. The van der Waals surface area contributed by atoms with E-state index in [1.165, 1.54) is 5.57 Å². The number of Topliss-reactive ketones (excluding diaryl/α,β-unsaturated/α-hetero) is 1. The van der Waals surface area contributed by atoms with Gasteiger partial charge in [-0.3, -0.25) is 9.59 Å². The van der Waals surface area contributed by atoms with E-state index in [0.29, 0.717) is 47.6 Å². The summed E-state index contributed by atoms with van der Waals surface area (Å²) in [5.74, 6) is 0.964. The second kappa shape index (κ2) is 9.41. The molecule has 0 saturated heterocycles. The van der Waals surface area contributed by atoms with Crippen LogP contribution in [-0.4, -0.2) is 26.7 Å². The quantitative estimate of drug-likeness (QED) is 0.655. The van der Waals surface area contributed by atoms with E-state index in [-0.39, 0.29) is 17.6 Å². The van der Waals surface area contributed by atoms with Gasteiger partial charge in [0, 0.05) is 17.0 Å². The zero-order chi connectivity index (χ0) is 22.8. The molecule has 3 atom stereocenters. The van der Waals surface area contributed by atoms with E-state index in [1.54, 1.807) is 4.68 Å². The summed E-state index contributed by atoms with van der Waals surface area (Å²) in [6.07, 6.45) is 5.14. The first kappa shape index (κ1) is 22.5. The topological polar surface area (TPSA) is 76.9 Å². The summed E-state index contributed by atoms with van der Waals surface area (Å²) in [4.78, 5) is 25.0. The summed E-state index contributed by atoms with van der Waals surface area (Å²) in [5, 5.41) is 11.9. The summed E-state index contributed by atoms with van der Waals surface area (Å²) in [5.41, 5.74) is 4.49. The van der Waals surface area contributed by atoms with Crippen LogP contribution in [0.3, 0.4) is 0 Å². The van der Waals surface area contributed by atoms with Gasteiger partial charge >= 0.3 is 0 Å². The van der Waals surface area contributed by atoms with Gasteiger partial charge < -0.3 is 5.32 Å². The number of aromatic nitrogens is 3. The Bertz CT molecular complexity index is 1070. The molecule has 1 amide bonds. The molecule has 0 bridgehead atoms. The molecule has 4 rings (SSSR count). The molecule has 1 fully saturated rings. The standard InChI is InChI=1S/C25H29ClN4O2/c1-15-4-7-19(10-23-17(3)24(31)11-22(15)23)16(2)25(32)27-12-21-14-30(29-28-21)13-18-5-8-20(26)9-6-18/h5-6,8-9,14-15,19,22H,2,4,7,10-13H2,1,3H3,(H,27,32)/t15-,19+,22-/m0/s1. The number of rotatable bonds is 6. The predicted molar refractivity (Wildman–Crippen MR) is 124 cm³/mol. The maximum absolute atomic E-state index is 12.8. The fourth-order valence-electron chi connectivity index (χ4n) is 4.86. The highest BCUT2D eigenvalue weighted by atomic mass is 35.5. The average molecular weight is 453 g/mol. The molecule has 6 nitrogen and oxygen atoms in total. The molecule has 2 aliphatic rings. The SMILES string of the molecule is C=C(C(=O)NCc1cn(Cc2ccc(Cl)cc2)nn1)[C@@H]1CC[C@H](C)[C@@H]2CC(=O)C(C)=C2C1. The average Bonchev–Trinajstić information content (AvgIpc) is 3.29. The number of amides is 1. The molecule has 0 radical (unpaired) electrons. The normalized spacial score (nSPS) is 23.1. The van der Waals surface area contributed by atoms with Gasteiger partial charge in [0.15, 0.2) is 5.78 Å². The molecule has 1 aromatic carbocycles. The number of allylic oxidation sites excluding steroid dienone is 2. The van der Waals surface area contributed by atoms with E-state index in [9.17, 15) is 9.59 Å². The molecule has 0 spiro atoms. The first-order valence-electron chi connectivity index (χ1n) is 11.1. The van der Waals surface area contributed by atoms with Gasteiger partial charge in [0.05, 0.1) is 19.3 Å². The summed E-state index contributed by atoms with van der Waals surface area (Å²) >= 11 is 5.93. The van der Waals surface area contributed by atoms with Crippen LogP contribution < -0.4 is 5.32 Å². The molecular weight excluding hydrogens is 424 g/mol. The fourth-order valence-corrected chi connectivity index (χ4v) is 4.98. The number of carbonyl (C=O) groups excluding carboxylic acids is 2. The van der Waals surface area contributed by atoms with Crippen molar-refractivity contribution >= 4 is 23.3 Å². The van der Waals surface area contributed by atoms with Crippen molar-refractivity contribution < 1.29 is 9.59 Å². The van der Waals surface area contributed by atoms with E-state index >= 15 is 0 Å². The summed E-state index contributed by atoms with van der Waals surface area (Å²) < 4.78 is 1.73. The summed E-state index contributed by atoms with van der Waals surface area (Å²) in [6, 6.07) is 7.58. The Balaban J connectivity index is 1.34. The first-order chi connectivity index (χ1) is 15.3. The lowest BCUT2D eigenvalue weighted by Gasteiger charge is -2.19. The van der Waals surface area contributed by atoms with Gasteiger partial charge in [-0.1, -0.05) is 48.0 Å². The maximum Gasteiger partial charge on any atom is 0.247 e. The number of benzene rings is 1.